The Morgan fingerprint density at radius 2 is 2.12 bits per heavy atom. The maximum absolute atomic E-state index is 11.3. The molecular weight excluding hydrogens is 248 g/mol. The van der Waals surface area contributed by atoms with E-state index in [2.05, 4.69) is 9.88 Å². The Morgan fingerprint density at radius 3 is 2.75 bits per heavy atom. The van der Waals surface area contributed by atoms with Crippen molar-refractivity contribution in [3.63, 3.8) is 0 Å². The van der Waals surface area contributed by atoms with Gasteiger partial charge in [-0.15, -0.1) is 0 Å². The van der Waals surface area contributed by atoms with Gasteiger partial charge in [0.05, 0.1) is 7.11 Å². The average Bonchev–Trinajstić information content (AvgIpc) is 2.30. The molecule has 4 nitrogen and oxygen atoms in total. The van der Waals surface area contributed by atoms with Gasteiger partial charge in [0.2, 0.25) is 5.88 Å². The van der Waals surface area contributed by atoms with Crippen LogP contribution in [0.3, 0.4) is 0 Å². The monoisotopic (exact) mass is 260 g/mol. The Hall–Kier alpha value is -0.810. The largest absolute Gasteiger partial charge is 0.479 e. The maximum atomic E-state index is 11.3. The molecule has 0 aliphatic carbocycles. The second-order valence-electron chi connectivity index (χ2n) is 3.50. The number of hydrogen-bond acceptors (Lipinski definition) is 4. The Labute approximate surface area is 102 Å². The van der Waals surface area contributed by atoms with E-state index in [1.165, 1.54) is 0 Å². The lowest BCUT2D eigenvalue weighted by atomic mass is 10.3. The molecule has 0 spiro atoms. The minimum Gasteiger partial charge on any atom is -0.479 e. The summed E-state index contributed by atoms with van der Waals surface area (Å²) >= 11 is 5.80. The number of hydrogen-bond donors (Lipinski definition) is 0. The van der Waals surface area contributed by atoms with E-state index in [0.717, 1.165) is 18.8 Å². The number of anilines is 1. The van der Waals surface area contributed by atoms with Gasteiger partial charge in [0.25, 0.3) is 0 Å². The molecule has 16 heavy (non-hydrogen) atoms. The summed E-state index contributed by atoms with van der Waals surface area (Å²) in [6.45, 7) is 1.54. The van der Waals surface area contributed by atoms with Gasteiger partial charge in [0, 0.05) is 35.4 Å². The Balaban J connectivity index is 2.22. The van der Waals surface area contributed by atoms with Crippen LogP contribution in [0.15, 0.2) is 12.1 Å². The van der Waals surface area contributed by atoms with Gasteiger partial charge in [0.15, 0.2) is 0 Å². The summed E-state index contributed by atoms with van der Waals surface area (Å²) in [4.78, 5) is 6.24. The SMILES string of the molecule is COc1nc(Cl)ccc1N1CCS(=O)CC1. The first-order valence-electron chi connectivity index (χ1n) is 5.01. The molecule has 1 saturated heterocycles. The molecule has 0 saturated carbocycles. The number of rotatable bonds is 2. The zero-order valence-electron chi connectivity index (χ0n) is 8.98. The highest BCUT2D eigenvalue weighted by Gasteiger charge is 2.19. The summed E-state index contributed by atoms with van der Waals surface area (Å²) in [5, 5.41) is 0.418. The lowest BCUT2D eigenvalue weighted by molar-refractivity contribution is 0.398. The highest BCUT2D eigenvalue weighted by atomic mass is 35.5. The summed E-state index contributed by atoms with van der Waals surface area (Å²) < 4.78 is 16.5. The molecule has 0 bridgehead atoms. The van der Waals surface area contributed by atoms with Crippen LogP contribution in [0.4, 0.5) is 5.69 Å². The average molecular weight is 261 g/mol. The quantitative estimate of drug-likeness (QED) is 0.752. The van der Waals surface area contributed by atoms with Gasteiger partial charge in [-0.1, -0.05) is 11.6 Å². The zero-order valence-corrected chi connectivity index (χ0v) is 10.6. The van der Waals surface area contributed by atoms with Crippen molar-refractivity contribution in [2.24, 2.45) is 0 Å². The van der Waals surface area contributed by atoms with Crippen molar-refractivity contribution in [1.29, 1.82) is 0 Å². The molecule has 0 aromatic carbocycles. The minimum atomic E-state index is -0.677. The molecule has 2 rings (SSSR count). The van der Waals surface area contributed by atoms with Crippen LogP contribution >= 0.6 is 11.6 Å². The first-order valence-corrected chi connectivity index (χ1v) is 6.88. The summed E-state index contributed by atoms with van der Waals surface area (Å²) in [6, 6.07) is 3.63. The molecule has 0 atom stereocenters. The maximum Gasteiger partial charge on any atom is 0.238 e. The Bertz CT molecular complexity index is 404. The van der Waals surface area contributed by atoms with E-state index in [0.29, 0.717) is 22.5 Å². The highest BCUT2D eigenvalue weighted by molar-refractivity contribution is 7.85. The molecular formula is C10H13ClN2O2S. The van der Waals surface area contributed by atoms with Gasteiger partial charge in [-0.3, -0.25) is 4.21 Å². The number of methoxy groups -OCH3 is 1. The lowest BCUT2D eigenvalue weighted by Crippen LogP contribution is -2.37. The van der Waals surface area contributed by atoms with Crippen LogP contribution in [-0.4, -0.2) is 40.9 Å². The van der Waals surface area contributed by atoms with Crippen molar-refractivity contribution >= 4 is 28.1 Å². The van der Waals surface area contributed by atoms with Crippen LogP contribution in [0.2, 0.25) is 5.15 Å². The van der Waals surface area contributed by atoms with E-state index >= 15 is 0 Å². The summed E-state index contributed by atoms with van der Waals surface area (Å²) in [5.41, 5.74) is 0.920. The summed E-state index contributed by atoms with van der Waals surface area (Å²) in [6.07, 6.45) is 0. The van der Waals surface area contributed by atoms with Crippen LogP contribution < -0.4 is 9.64 Å². The highest BCUT2D eigenvalue weighted by Crippen LogP contribution is 2.28. The molecule has 0 unspecified atom stereocenters. The molecule has 1 aromatic heterocycles. The zero-order chi connectivity index (χ0) is 11.5. The molecule has 1 aliphatic rings. The van der Waals surface area contributed by atoms with E-state index in [1.807, 2.05) is 6.07 Å². The smallest absolute Gasteiger partial charge is 0.238 e. The normalized spacial score (nSPS) is 17.5. The first kappa shape index (κ1) is 11.7. The molecule has 88 valence electrons. The fraction of sp³-hybridized carbons (Fsp3) is 0.500. The number of aromatic nitrogens is 1. The van der Waals surface area contributed by atoms with E-state index in [4.69, 9.17) is 16.3 Å². The predicted octanol–water partition coefficient (Wildman–Crippen LogP) is 1.31. The number of ether oxygens (including phenoxy) is 1. The third-order valence-corrected chi connectivity index (χ3v) is 4.00. The van der Waals surface area contributed by atoms with Crippen molar-refractivity contribution in [1.82, 2.24) is 4.98 Å². The summed E-state index contributed by atoms with van der Waals surface area (Å²) in [5.74, 6) is 1.93. The van der Waals surface area contributed by atoms with Gasteiger partial charge in [-0.25, -0.2) is 0 Å². The fourth-order valence-corrected chi connectivity index (χ4v) is 2.87. The van der Waals surface area contributed by atoms with E-state index in [-0.39, 0.29) is 0 Å². The van der Waals surface area contributed by atoms with E-state index < -0.39 is 10.8 Å². The van der Waals surface area contributed by atoms with Crippen LogP contribution in [0, 0.1) is 0 Å². The van der Waals surface area contributed by atoms with Gasteiger partial charge >= 0.3 is 0 Å². The summed E-state index contributed by atoms with van der Waals surface area (Å²) in [7, 11) is 0.897. The van der Waals surface area contributed by atoms with Crippen molar-refractivity contribution in [3.05, 3.63) is 17.3 Å². The van der Waals surface area contributed by atoms with E-state index in [9.17, 15) is 4.21 Å². The second-order valence-corrected chi connectivity index (χ2v) is 5.58. The fourth-order valence-electron chi connectivity index (χ4n) is 1.68. The third-order valence-electron chi connectivity index (χ3n) is 2.52. The number of nitrogens with zero attached hydrogens (tertiary/aromatic N) is 2. The Morgan fingerprint density at radius 1 is 1.44 bits per heavy atom. The predicted molar refractivity (Wildman–Crippen MR) is 65.9 cm³/mol. The Kier molecular flexibility index (Phi) is 3.66. The van der Waals surface area contributed by atoms with Crippen molar-refractivity contribution in [2.75, 3.05) is 36.6 Å². The molecule has 2 heterocycles. The topological polar surface area (TPSA) is 42.4 Å². The van der Waals surface area contributed by atoms with Gasteiger partial charge in [-0.05, 0) is 12.1 Å². The first-order chi connectivity index (χ1) is 7.70. The van der Waals surface area contributed by atoms with Crippen molar-refractivity contribution in [3.8, 4) is 5.88 Å². The van der Waals surface area contributed by atoms with Gasteiger partial charge in [0.1, 0.15) is 10.8 Å². The van der Waals surface area contributed by atoms with Crippen LogP contribution in [0.5, 0.6) is 5.88 Å². The molecule has 1 fully saturated rings. The third kappa shape index (κ3) is 2.47. The lowest BCUT2D eigenvalue weighted by Gasteiger charge is -2.29. The van der Waals surface area contributed by atoms with Gasteiger partial charge < -0.3 is 9.64 Å². The number of halogens is 1. The number of pyridine rings is 1. The molecule has 0 N–H and O–H groups in total. The molecule has 0 amide bonds. The molecule has 6 heteroatoms. The van der Waals surface area contributed by atoms with Crippen LogP contribution in [0.25, 0.3) is 0 Å². The van der Waals surface area contributed by atoms with Crippen molar-refractivity contribution < 1.29 is 8.95 Å². The standard InChI is InChI=1S/C10H13ClN2O2S/c1-15-10-8(2-3-9(11)12-10)13-4-6-16(14)7-5-13/h2-3H,4-7H2,1H3. The van der Waals surface area contributed by atoms with E-state index in [1.54, 1.807) is 13.2 Å². The molecule has 1 aliphatic heterocycles. The van der Waals surface area contributed by atoms with Crippen molar-refractivity contribution in [2.45, 2.75) is 0 Å². The van der Waals surface area contributed by atoms with Gasteiger partial charge in [-0.2, -0.15) is 4.98 Å². The van der Waals surface area contributed by atoms with Crippen LogP contribution in [-0.2, 0) is 10.8 Å². The second kappa shape index (κ2) is 5.01. The van der Waals surface area contributed by atoms with Crippen LogP contribution in [0.1, 0.15) is 0 Å². The molecule has 0 radical (unpaired) electrons. The molecule has 1 aromatic rings. The minimum absolute atomic E-state index is 0.418.